The van der Waals surface area contributed by atoms with E-state index >= 15 is 0 Å². The molecule has 1 N–H and O–H groups in total. The largest absolute Gasteiger partial charge is 0.197 e. The highest BCUT2D eigenvalue weighted by Crippen LogP contribution is 2.20. The minimum atomic E-state index is 0.789. The van der Waals surface area contributed by atoms with Crippen LogP contribution in [0.2, 0.25) is 0 Å². The quantitative estimate of drug-likeness (QED) is 0.578. The Morgan fingerprint density at radius 2 is 2.20 bits per heavy atom. The molecule has 3 nitrogen and oxygen atoms in total. The van der Waals surface area contributed by atoms with Crippen LogP contribution in [0.15, 0.2) is 0 Å². The second-order valence-electron chi connectivity index (χ2n) is 3.06. The van der Waals surface area contributed by atoms with E-state index in [-0.39, 0.29) is 0 Å². The number of nitrogens with one attached hydrogen (secondary N) is 1. The minimum absolute atomic E-state index is 0.789. The zero-order valence-corrected chi connectivity index (χ0v) is 6.09. The molecule has 10 heavy (non-hydrogen) atoms. The van der Waals surface area contributed by atoms with E-state index in [2.05, 4.69) is 22.3 Å². The van der Waals surface area contributed by atoms with Crippen molar-refractivity contribution in [3.8, 4) is 0 Å². The SMILES string of the molecule is CC1CCc2n[nH]nc2C1. The molecule has 1 atom stereocenters. The first kappa shape index (κ1) is 5.89. The van der Waals surface area contributed by atoms with Gasteiger partial charge in [-0.3, -0.25) is 0 Å². The van der Waals surface area contributed by atoms with Crippen molar-refractivity contribution >= 4 is 0 Å². The zero-order chi connectivity index (χ0) is 6.97. The lowest BCUT2D eigenvalue weighted by Crippen LogP contribution is -2.10. The summed E-state index contributed by atoms with van der Waals surface area (Å²) in [6, 6.07) is 0. The van der Waals surface area contributed by atoms with Gasteiger partial charge in [0.1, 0.15) is 0 Å². The fourth-order valence-electron chi connectivity index (χ4n) is 1.45. The van der Waals surface area contributed by atoms with E-state index in [9.17, 15) is 0 Å². The molecular formula is C7H11N3. The number of aromatic nitrogens is 3. The lowest BCUT2D eigenvalue weighted by molar-refractivity contribution is 0.491. The molecular weight excluding hydrogens is 126 g/mol. The molecule has 1 aliphatic carbocycles. The Morgan fingerprint density at radius 1 is 1.40 bits per heavy atom. The summed E-state index contributed by atoms with van der Waals surface area (Å²) in [6.07, 6.45) is 3.47. The number of aryl methyl sites for hydroxylation is 1. The maximum Gasteiger partial charge on any atom is 0.0859 e. The van der Waals surface area contributed by atoms with Crippen LogP contribution >= 0.6 is 0 Å². The fourth-order valence-corrected chi connectivity index (χ4v) is 1.45. The highest BCUT2D eigenvalue weighted by atomic mass is 15.3. The third kappa shape index (κ3) is 0.818. The topological polar surface area (TPSA) is 41.6 Å². The Morgan fingerprint density at radius 3 is 3.10 bits per heavy atom. The van der Waals surface area contributed by atoms with Crippen LogP contribution in [0.5, 0.6) is 0 Å². The Kier molecular flexibility index (Phi) is 1.22. The average molecular weight is 137 g/mol. The molecule has 1 aromatic heterocycles. The van der Waals surface area contributed by atoms with Crippen LogP contribution in [0.3, 0.4) is 0 Å². The molecule has 1 aromatic rings. The summed E-state index contributed by atoms with van der Waals surface area (Å²) in [6.45, 7) is 2.26. The first-order valence-electron chi connectivity index (χ1n) is 3.75. The van der Waals surface area contributed by atoms with Crippen molar-refractivity contribution in [3.05, 3.63) is 11.4 Å². The Hall–Kier alpha value is -0.860. The molecule has 0 fully saturated rings. The van der Waals surface area contributed by atoms with Crippen molar-refractivity contribution in [1.29, 1.82) is 0 Å². The monoisotopic (exact) mass is 137 g/mol. The average Bonchev–Trinajstić information content (AvgIpc) is 2.33. The predicted molar refractivity (Wildman–Crippen MR) is 37.6 cm³/mol. The summed E-state index contributed by atoms with van der Waals surface area (Å²) in [5.74, 6) is 0.789. The molecule has 0 aromatic carbocycles. The third-order valence-electron chi connectivity index (χ3n) is 2.12. The Labute approximate surface area is 59.8 Å². The lowest BCUT2D eigenvalue weighted by Gasteiger charge is -2.14. The van der Waals surface area contributed by atoms with E-state index in [1.54, 1.807) is 0 Å². The second kappa shape index (κ2) is 2.08. The number of rotatable bonds is 0. The molecule has 0 spiro atoms. The third-order valence-corrected chi connectivity index (χ3v) is 2.12. The summed E-state index contributed by atoms with van der Waals surface area (Å²) in [5.41, 5.74) is 2.36. The van der Waals surface area contributed by atoms with Crippen LogP contribution in [0.25, 0.3) is 0 Å². The van der Waals surface area contributed by atoms with Crippen LogP contribution in [0.1, 0.15) is 24.7 Å². The molecule has 0 bridgehead atoms. The van der Waals surface area contributed by atoms with E-state index < -0.39 is 0 Å². The van der Waals surface area contributed by atoms with Gasteiger partial charge >= 0.3 is 0 Å². The van der Waals surface area contributed by atoms with Gasteiger partial charge in [-0.05, 0) is 25.2 Å². The van der Waals surface area contributed by atoms with E-state index in [1.807, 2.05) is 0 Å². The van der Waals surface area contributed by atoms with E-state index in [0.29, 0.717) is 0 Å². The van der Waals surface area contributed by atoms with Crippen molar-refractivity contribution in [2.75, 3.05) is 0 Å². The van der Waals surface area contributed by atoms with Crippen molar-refractivity contribution < 1.29 is 0 Å². The number of hydrogen-bond donors (Lipinski definition) is 1. The fraction of sp³-hybridized carbons (Fsp3) is 0.714. The van der Waals surface area contributed by atoms with Crippen LogP contribution in [-0.4, -0.2) is 15.4 Å². The van der Waals surface area contributed by atoms with Crippen LogP contribution in [0, 0.1) is 5.92 Å². The molecule has 0 aliphatic heterocycles. The summed E-state index contributed by atoms with van der Waals surface area (Å²) in [4.78, 5) is 0. The molecule has 1 unspecified atom stereocenters. The highest BCUT2D eigenvalue weighted by Gasteiger charge is 2.17. The minimum Gasteiger partial charge on any atom is -0.197 e. The molecule has 2 rings (SSSR count). The normalized spacial score (nSPS) is 24.3. The maximum absolute atomic E-state index is 4.07. The van der Waals surface area contributed by atoms with E-state index in [4.69, 9.17) is 0 Å². The van der Waals surface area contributed by atoms with Gasteiger partial charge in [0.2, 0.25) is 0 Å². The molecule has 0 amide bonds. The van der Waals surface area contributed by atoms with Crippen molar-refractivity contribution in [1.82, 2.24) is 15.4 Å². The van der Waals surface area contributed by atoms with Crippen LogP contribution in [0.4, 0.5) is 0 Å². The molecule has 0 saturated heterocycles. The number of fused-ring (bicyclic) bond motifs is 1. The van der Waals surface area contributed by atoms with Crippen LogP contribution in [-0.2, 0) is 12.8 Å². The van der Waals surface area contributed by atoms with Gasteiger partial charge in [0.15, 0.2) is 0 Å². The summed E-state index contributed by atoms with van der Waals surface area (Å²) >= 11 is 0. The number of aromatic amines is 1. The molecule has 0 radical (unpaired) electrons. The van der Waals surface area contributed by atoms with Crippen molar-refractivity contribution in [2.45, 2.75) is 26.2 Å². The van der Waals surface area contributed by atoms with E-state index in [1.165, 1.54) is 17.8 Å². The number of nitrogens with zero attached hydrogens (tertiary/aromatic N) is 2. The van der Waals surface area contributed by atoms with E-state index in [0.717, 1.165) is 18.8 Å². The Bertz CT molecular complexity index is 229. The molecule has 3 heteroatoms. The van der Waals surface area contributed by atoms with Gasteiger partial charge in [-0.15, -0.1) is 0 Å². The van der Waals surface area contributed by atoms with Gasteiger partial charge in [0.25, 0.3) is 0 Å². The molecule has 0 saturated carbocycles. The van der Waals surface area contributed by atoms with Gasteiger partial charge < -0.3 is 0 Å². The first-order valence-corrected chi connectivity index (χ1v) is 3.75. The maximum atomic E-state index is 4.07. The summed E-state index contributed by atoms with van der Waals surface area (Å²) in [5, 5.41) is 10.8. The van der Waals surface area contributed by atoms with Crippen LogP contribution < -0.4 is 0 Å². The molecule has 54 valence electrons. The second-order valence-corrected chi connectivity index (χ2v) is 3.06. The van der Waals surface area contributed by atoms with Gasteiger partial charge in [-0.2, -0.15) is 15.4 Å². The van der Waals surface area contributed by atoms with Gasteiger partial charge in [0.05, 0.1) is 11.4 Å². The van der Waals surface area contributed by atoms with Gasteiger partial charge in [-0.25, -0.2) is 0 Å². The standard InChI is InChI=1S/C7H11N3/c1-5-2-3-6-7(4-5)9-10-8-6/h5H,2-4H2,1H3,(H,8,9,10). The Balaban J connectivity index is 2.30. The van der Waals surface area contributed by atoms with Gasteiger partial charge in [0, 0.05) is 0 Å². The van der Waals surface area contributed by atoms with Gasteiger partial charge in [-0.1, -0.05) is 6.92 Å². The molecule has 1 aliphatic rings. The zero-order valence-electron chi connectivity index (χ0n) is 6.09. The summed E-state index contributed by atoms with van der Waals surface area (Å²) in [7, 11) is 0. The lowest BCUT2D eigenvalue weighted by atomic mass is 9.92. The smallest absolute Gasteiger partial charge is 0.0859 e. The number of H-pyrrole nitrogens is 1. The molecule has 1 heterocycles. The predicted octanol–water partition coefficient (Wildman–Crippen LogP) is 0.929. The highest BCUT2D eigenvalue weighted by molar-refractivity contribution is 5.12. The van der Waals surface area contributed by atoms with Crippen molar-refractivity contribution in [2.24, 2.45) is 5.92 Å². The summed E-state index contributed by atoms with van der Waals surface area (Å²) < 4.78 is 0. The number of hydrogen-bond acceptors (Lipinski definition) is 2. The first-order chi connectivity index (χ1) is 4.86. The van der Waals surface area contributed by atoms with Crippen molar-refractivity contribution in [3.63, 3.8) is 0 Å².